The molecule has 0 fully saturated rings. The Hall–Kier alpha value is -2.20. The Morgan fingerprint density at radius 1 is 0.871 bits per heavy atom. The molecule has 5 heteroatoms. The van der Waals surface area contributed by atoms with Crippen LogP contribution in [0, 0.1) is 0 Å². The summed E-state index contributed by atoms with van der Waals surface area (Å²) in [5.74, 6) is 1.19. The van der Waals surface area contributed by atoms with E-state index in [0.717, 1.165) is 24.0 Å². The summed E-state index contributed by atoms with van der Waals surface area (Å²) >= 11 is 12.8. The molecule has 0 radical (unpaired) electrons. The molecule has 31 heavy (non-hydrogen) atoms. The Morgan fingerprint density at radius 2 is 1.61 bits per heavy atom. The van der Waals surface area contributed by atoms with Crippen molar-refractivity contribution in [2.24, 2.45) is 0 Å². The van der Waals surface area contributed by atoms with Crippen molar-refractivity contribution in [3.63, 3.8) is 0 Å². The molecule has 3 rings (SSSR count). The van der Waals surface area contributed by atoms with Crippen LogP contribution < -0.4 is 14.8 Å². The lowest BCUT2D eigenvalue weighted by molar-refractivity contribution is 0.269. The van der Waals surface area contributed by atoms with E-state index in [9.17, 15) is 0 Å². The first-order valence-electron chi connectivity index (χ1n) is 10.7. The van der Waals surface area contributed by atoms with Gasteiger partial charge in [0.25, 0.3) is 0 Å². The van der Waals surface area contributed by atoms with Gasteiger partial charge in [-0.15, -0.1) is 0 Å². The molecule has 0 saturated carbocycles. The first kappa shape index (κ1) is 23.5. The van der Waals surface area contributed by atoms with Crippen molar-refractivity contribution in [1.29, 1.82) is 0 Å². The highest BCUT2D eigenvalue weighted by atomic mass is 35.5. The molecule has 0 bridgehead atoms. The molecule has 0 unspecified atom stereocenters. The molecule has 0 aromatic heterocycles. The lowest BCUT2D eigenvalue weighted by atomic mass is 10.1. The van der Waals surface area contributed by atoms with E-state index in [1.807, 2.05) is 49.4 Å². The molecular weight excluding hydrogens is 429 g/mol. The molecule has 0 saturated heterocycles. The fourth-order valence-electron chi connectivity index (χ4n) is 3.31. The summed E-state index contributed by atoms with van der Waals surface area (Å²) in [6.45, 7) is 5.72. The van der Waals surface area contributed by atoms with Crippen LogP contribution in [0.25, 0.3) is 0 Å². The van der Waals surface area contributed by atoms with E-state index >= 15 is 0 Å². The summed E-state index contributed by atoms with van der Waals surface area (Å²) in [7, 11) is 0. The number of hydrogen-bond donors (Lipinski definition) is 1. The van der Waals surface area contributed by atoms with Crippen LogP contribution in [-0.4, -0.2) is 12.6 Å². The number of aryl methyl sites for hydroxylation is 1. The molecule has 3 aromatic rings. The first-order valence-corrected chi connectivity index (χ1v) is 11.4. The van der Waals surface area contributed by atoms with E-state index in [1.54, 1.807) is 0 Å². The van der Waals surface area contributed by atoms with Gasteiger partial charge in [-0.25, -0.2) is 0 Å². The van der Waals surface area contributed by atoms with E-state index in [1.165, 1.54) is 5.56 Å². The first-order chi connectivity index (χ1) is 15.1. The van der Waals surface area contributed by atoms with Crippen molar-refractivity contribution in [1.82, 2.24) is 5.32 Å². The third kappa shape index (κ3) is 7.17. The Balaban J connectivity index is 1.61. The van der Waals surface area contributed by atoms with Gasteiger partial charge in [0.15, 0.2) is 11.5 Å². The van der Waals surface area contributed by atoms with Gasteiger partial charge in [0.1, 0.15) is 6.61 Å². The van der Waals surface area contributed by atoms with Crippen LogP contribution in [0.2, 0.25) is 10.0 Å². The molecule has 1 N–H and O–H groups in total. The van der Waals surface area contributed by atoms with Crippen LogP contribution in [0.1, 0.15) is 37.0 Å². The van der Waals surface area contributed by atoms with Gasteiger partial charge in [-0.2, -0.15) is 0 Å². The van der Waals surface area contributed by atoms with Crippen molar-refractivity contribution in [3.05, 3.63) is 93.5 Å². The van der Waals surface area contributed by atoms with Crippen LogP contribution in [-0.2, 0) is 19.6 Å². The van der Waals surface area contributed by atoms with Crippen molar-refractivity contribution in [2.45, 2.75) is 45.9 Å². The minimum atomic E-state index is 0.327. The van der Waals surface area contributed by atoms with E-state index in [-0.39, 0.29) is 0 Å². The zero-order valence-corrected chi connectivity index (χ0v) is 19.5. The predicted octanol–water partition coefficient (Wildman–Crippen LogP) is 7.08. The van der Waals surface area contributed by atoms with Crippen LogP contribution in [0.5, 0.6) is 11.5 Å². The van der Waals surface area contributed by atoms with Gasteiger partial charge in [-0.05, 0) is 56.0 Å². The zero-order valence-electron chi connectivity index (χ0n) is 18.0. The summed E-state index contributed by atoms with van der Waals surface area (Å²) in [5.41, 5.74) is 3.32. The summed E-state index contributed by atoms with van der Waals surface area (Å²) in [4.78, 5) is 0. The minimum Gasteiger partial charge on any atom is -0.490 e. The van der Waals surface area contributed by atoms with Crippen molar-refractivity contribution in [3.8, 4) is 11.5 Å². The van der Waals surface area contributed by atoms with Gasteiger partial charge >= 0.3 is 0 Å². The summed E-state index contributed by atoms with van der Waals surface area (Å²) in [6.07, 6.45) is 2.11. The Labute approximate surface area is 195 Å². The highest BCUT2D eigenvalue weighted by Crippen LogP contribution is 2.37. The molecular formula is C26H29Cl2NO2. The molecule has 0 aliphatic carbocycles. The Bertz CT molecular complexity index is 963. The van der Waals surface area contributed by atoms with Gasteiger partial charge in [0, 0.05) is 23.2 Å². The van der Waals surface area contributed by atoms with Crippen LogP contribution >= 0.6 is 23.2 Å². The lowest BCUT2D eigenvalue weighted by Gasteiger charge is -2.18. The summed E-state index contributed by atoms with van der Waals surface area (Å²) < 4.78 is 11.8. The zero-order chi connectivity index (χ0) is 22.1. The second-order valence-corrected chi connectivity index (χ2v) is 8.34. The standard InChI is InChI=1S/C26H29Cl2NO2/c1-3-30-25-16-21(17-29-19(2)13-14-20-9-5-4-6-10-20)15-24(28)26(25)31-18-22-11-7-8-12-23(22)27/h4-12,15-16,19,29H,3,13-14,17-18H2,1-2H3/t19-/m1/s1. The SMILES string of the molecule is CCOc1cc(CN[C@H](C)CCc2ccccc2)cc(Cl)c1OCc1ccccc1Cl. The average molecular weight is 458 g/mol. The van der Waals surface area contributed by atoms with Gasteiger partial charge in [0.2, 0.25) is 0 Å². The molecule has 0 aliphatic rings. The summed E-state index contributed by atoms with van der Waals surface area (Å²) in [6, 6.07) is 22.5. The highest BCUT2D eigenvalue weighted by Gasteiger charge is 2.14. The fourth-order valence-corrected chi connectivity index (χ4v) is 3.79. The molecule has 0 amide bonds. The molecule has 0 spiro atoms. The van der Waals surface area contributed by atoms with E-state index in [4.69, 9.17) is 32.7 Å². The number of rotatable bonds is 11. The van der Waals surface area contributed by atoms with E-state index in [2.05, 4.69) is 36.5 Å². The molecule has 164 valence electrons. The normalized spacial score (nSPS) is 11.9. The predicted molar refractivity (Wildman–Crippen MR) is 129 cm³/mol. The fraction of sp³-hybridized carbons (Fsp3) is 0.308. The topological polar surface area (TPSA) is 30.5 Å². The lowest BCUT2D eigenvalue weighted by Crippen LogP contribution is -2.26. The second-order valence-electron chi connectivity index (χ2n) is 7.52. The van der Waals surface area contributed by atoms with Gasteiger partial charge in [0.05, 0.1) is 11.6 Å². The number of nitrogens with one attached hydrogen (secondary N) is 1. The van der Waals surface area contributed by atoms with Crippen LogP contribution in [0.3, 0.4) is 0 Å². The molecule has 3 aromatic carbocycles. The van der Waals surface area contributed by atoms with E-state index in [0.29, 0.717) is 47.3 Å². The third-order valence-electron chi connectivity index (χ3n) is 5.06. The van der Waals surface area contributed by atoms with Crippen molar-refractivity contribution < 1.29 is 9.47 Å². The minimum absolute atomic E-state index is 0.327. The average Bonchev–Trinajstić information content (AvgIpc) is 2.77. The quantitative estimate of drug-likeness (QED) is 0.333. The monoisotopic (exact) mass is 457 g/mol. The van der Waals surface area contributed by atoms with Gasteiger partial charge < -0.3 is 14.8 Å². The second kappa shape index (κ2) is 12.0. The van der Waals surface area contributed by atoms with Crippen LogP contribution in [0.4, 0.5) is 0 Å². The van der Waals surface area contributed by atoms with Crippen LogP contribution in [0.15, 0.2) is 66.7 Å². The van der Waals surface area contributed by atoms with Crippen molar-refractivity contribution >= 4 is 23.2 Å². The third-order valence-corrected chi connectivity index (χ3v) is 5.71. The number of benzene rings is 3. The molecule has 3 nitrogen and oxygen atoms in total. The number of halogens is 2. The smallest absolute Gasteiger partial charge is 0.180 e. The Kier molecular flexibility index (Phi) is 9.08. The molecule has 1 atom stereocenters. The largest absolute Gasteiger partial charge is 0.490 e. The van der Waals surface area contributed by atoms with Crippen molar-refractivity contribution in [2.75, 3.05) is 6.61 Å². The maximum absolute atomic E-state index is 6.57. The maximum atomic E-state index is 6.57. The van der Waals surface area contributed by atoms with E-state index < -0.39 is 0 Å². The maximum Gasteiger partial charge on any atom is 0.180 e. The number of hydrogen-bond acceptors (Lipinski definition) is 3. The van der Waals surface area contributed by atoms with Gasteiger partial charge in [-0.3, -0.25) is 0 Å². The molecule has 0 aliphatic heterocycles. The van der Waals surface area contributed by atoms with Gasteiger partial charge in [-0.1, -0.05) is 71.7 Å². The number of ether oxygens (including phenoxy) is 2. The Morgan fingerprint density at radius 3 is 2.35 bits per heavy atom. The molecule has 0 heterocycles. The highest BCUT2D eigenvalue weighted by molar-refractivity contribution is 6.32. The summed E-state index contributed by atoms with van der Waals surface area (Å²) in [5, 5.41) is 4.78.